The van der Waals surface area contributed by atoms with E-state index in [0.29, 0.717) is 12.5 Å². The Morgan fingerprint density at radius 2 is 2.20 bits per heavy atom. The number of hydrogen-bond donors (Lipinski definition) is 2. The van der Waals surface area contributed by atoms with Crippen LogP contribution in [0.25, 0.3) is 0 Å². The highest BCUT2D eigenvalue weighted by molar-refractivity contribution is 4.65. The molecule has 1 heterocycles. The Morgan fingerprint density at radius 3 is 2.80 bits per heavy atom. The fourth-order valence-corrected chi connectivity index (χ4v) is 1.76. The van der Waals surface area contributed by atoms with Crippen LogP contribution in [0.4, 0.5) is 0 Å². The average molecular weight is 217 g/mol. The van der Waals surface area contributed by atoms with E-state index in [-0.39, 0.29) is 12.6 Å². The second-order valence-corrected chi connectivity index (χ2v) is 4.09. The number of aliphatic hydroxyl groups excluding tert-OH is 1. The van der Waals surface area contributed by atoms with Gasteiger partial charge in [0, 0.05) is 32.5 Å². The molecule has 0 aromatic carbocycles. The first-order valence-electron chi connectivity index (χ1n) is 5.80. The topological polar surface area (TPSA) is 50.7 Å². The molecule has 0 amide bonds. The van der Waals surface area contributed by atoms with Gasteiger partial charge >= 0.3 is 0 Å². The summed E-state index contributed by atoms with van der Waals surface area (Å²) in [6, 6.07) is 0.273. The van der Waals surface area contributed by atoms with Gasteiger partial charge in [0.25, 0.3) is 0 Å². The largest absolute Gasteiger partial charge is 0.396 e. The van der Waals surface area contributed by atoms with Crippen molar-refractivity contribution >= 4 is 0 Å². The van der Waals surface area contributed by atoms with Crippen molar-refractivity contribution in [3.63, 3.8) is 0 Å². The summed E-state index contributed by atoms with van der Waals surface area (Å²) < 4.78 is 10.9. The van der Waals surface area contributed by atoms with Gasteiger partial charge in [-0.2, -0.15) is 0 Å². The lowest BCUT2D eigenvalue weighted by Gasteiger charge is -2.23. The van der Waals surface area contributed by atoms with Crippen LogP contribution in [0.15, 0.2) is 0 Å². The molecule has 1 aliphatic heterocycles. The van der Waals surface area contributed by atoms with Gasteiger partial charge in [0.05, 0.1) is 6.61 Å². The van der Waals surface area contributed by atoms with Crippen LogP contribution in [-0.2, 0) is 9.47 Å². The molecule has 1 aliphatic rings. The highest BCUT2D eigenvalue weighted by Crippen LogP contribution is 2.14. The molecular weight excluding hydrogens is 194 g/mol. The van der Waals surface area contributed by atoms with E-state index in [1.54, 1.807) is 0 Å². The highest BCUT2D eigenvalue weighted by Gasteiger charge is 2.14. The molecule has 0 saturated carbocycles. The maximum absolute atomic E-state index is 8.80. The summed E-state index contributed by atoms with van der Waals surface area (Å²) in [5.41, 5.74) is 0. The summed E-state index contributed by atoms with van der Waals surface area (Å²) in [6.45, 7) is 3.48. The van der Waals surface area contributed by atoms with Crippen LogP contribution in [0.3, 0.4) is 0 Å². The average Bonchev–Trinajstić information content (AvgIpc) is 2.29. The van der Waals surface area contributed by atoms with E-state index in [2.05, 4.69) is 5.32 Å². The van der Waals surface area contributed by atoms with Gasteiger partial charge in [-0.1, -0.05) is 0 Å². The SMILES string of the molecule is CNC(CCO)COCC1CCOCC1. The second-order valence-electron chi connectivity index (χ2n) is 4.09. The number of hydrogen-bond acceptors (Lipinski definition) is 4. The molecule has 4 heteroatoms. The molecule has 4 nitrogen and oxygen atoms in total. The fourth-order valence-electron chi connectivity index (χ4n) is 1.76. The zero-order valence-corrected chi connectivity index (χ0v) is 9.58. The van der Waals surface area contributed by atoms with Crippen LogP contribution in [0.1, 0.15) is 19.3 Å². The van der Waals surface area contributed by atoms with Crippen LogP contribution in [-0.4, -0.2) is 51.2 Å². The summed E-state index contributed by atoms with van der Waals surface area (Å²) >= 11 is 0. The summed E-state index contributed by atoms with van der Waals surface area (Å²) in [5.74, 6) is 0.658. The second kappa shape index (κ2) is 8.05. The van der Waals surface area contributed by atoms with E-state index in [4.69, 9.17) is 14.6 Å². The van der Waals surface area contributed by atoms with E-state index in [9.17, 15) is 0 Å². The standard InChI is InChI=1S/C11H23NO3/c1-12-11(2-5-13)9-15-8-10-3-6-14-7-4-10/h10-13H,2-9H2,1H3. The third kappa shape index (κ3) is 5.47. The van der Waals surface area contributed by atoms with Gasteiger partial charge in [0.2, 0.25) is 0 Å². The third-order valence-electron chi connectivity index (χ3n) is 2.90. The monoisotopic (exact) mass is 217 g/mol. The van der Waals surface area contributed by atoms with Gasteiger partial charge in [0.1, 0.15) is 0 Å². The van der Waals surface area contributed by atoms with Crippen molar-refractivity contribution in [2.75, 3.05) is 40.1 Å². The number of ether oxygens (including phenoxy) is 2. The molecule has 0 aliphatic carbocycles. The lowest BCUT2D eigenvalue weighted by atomic mass is 10.0. The molecule has 15 heavy (non-hydrogen) atoms. The molecule has 1 saturated heterocycles. The van der Waals surface area contributed by atoms with Gasteiger partial charge < -0.3 is 19.9 Å². The molecular formula is C11H23NO3. The predicted octanol–water partition coefficient (Wildman–Crippen LogP) is 0.400. The quantitative estimate of drug-likeness (QED) is 0.648. The Hall–Kier alpha value is -0.160. The van der Waals surface area contributed by atoms with Crippen LogP contribution >= 0.6 is 0 Å². The lowest BCUT2D eigenvalue weighted by molar-refractivity contribution is 0.0142. The first-order valence-corrected chi connectivity index (χ1v) is 5.80. The Morgan fingerprint density at radius 1 is 1.47 bits per heavy atom. The molecule has 0 spiro atoms. The molecule has 90 valence electrons. The van der Waals surface area contributed by atoms with Crippen molar-refractivity contribution in [3.05, 3.63) is 0 Å². The van der Waals surface area contributed by atoms with Gasteiger partial charge in [-0.25, -0.2) is 0 Å². The van der Waals surface area contributed by atoms with Gasteiger partial charge in [-0.05, 0) is 32.2 Å². The number of nitrogens with one attached hydrogen (secondary N) is 1. The molecule has 0 aromatic rings. The smallest absolute Gasteiger partial charge is 0.0620 e. The molecule has 0 radical (unpaired) electrons. The van der Waals surface area contributed by atoms with E-state index in [1.165, 1.54) is 0 Å². The van der Waals surface area contributed by atoms with Crippen molar-refractivity contribution in [1.29, 1.82) is 0 Å². The normalized spacial score (nSPS) is 20.4. The molecule has 1 fully saturated rings. The van der Waals surface area contributed by atoms with Crippen molar-refractivity contribution in [2.24, 2.45) is 5.92 Å². The summed E-state index contributed by atoms with van der Waals surface area (Å²) in [6.07, 6.45) is 2.98. The van der Waals surface area contributed by atoms with Crippen molar-refractivity contribution in [2.45, 2.75) is 25.3 Å². The summed E-state index contributed by atoms with van der Waals surface area (Å²) in [7, 11) is 1.90. The summed E-state index contributed by atoms with van der Waals surface area (Å²) in [5, 5.41) is 11.9. The van der Waals surface area contributed by atoms with E-state index in [0.717, 1.165) is 39.1 Å². The van der Waals surface area contributed by atoms with Gasteiger partial charge in [-0.3, -0.25) is 0 Å². The van der Waals surface area contributed by atoms with E-state index < -0.39 is 0 Å². The van der Waals surface area contributed by atoms with E-state index >= 15 is 0 Å². The van der Waals surface area contributed by atoms with Crippen LogP contribution in [0.2, 0.25) is 0 Å². The van der Waals surface area contributed by atoms with Crippen LogP contribution in [0.5, 0.6) is 0 Å². The number of aliphatic hydroxyl groups is 1. The van der Waals surface area contributed by atoms with E-state index in [1.807, 2.05) is 7.05 Å². The van der Waals surface area contributed by atoms with Gasteiger partial charge in [0.15, 0.2) is 0 Å². The Balaban J connectivity index is 2.03. The molecule has 2 N–H and O–H groups in total. The lowest BCUT2D eigenvalue weighted by Crippen LogP contribution is -2.32. The highest BCUT2D eigenvalue weighted by atomic mass is 16.5. The zero-order valence-electron chi connectivity index (χ0n) is 9.58. The number of rotatable bonds is 7. The van der Waals surface area contributed by atoms with Crippen molar-refractivity contribution in [1.82, 2.24) is 5.32 Å². The van der Waals surface area contributed by atoms with Crippen molar-refractivity contribution < 1.29 is 14.6 Å². The summed E-state index contributed by atoms with van der Waals surface area (Å²) in [4.78, 5) is 0. The first-order chi connectivity index (χ1) is 7.36. The fraction of sp³-hybridized carbons (Fsp3) is 1.00. The maximum atomic E-state index is 8.80. The van der Waals surface area contributed by atoms with Crippen LogP contribution in [0, 0.1) is 5.92 Å². The minimum Gasteiger partial charge on any atom is -0.396 e. The zero-order chi connectivity index (χ0) is 10.9. The minimum absolute atomic E-state index is 0.214. The molecule has 1 atom stereocenters. The molecule has 1 unspecified atom stereocenters. The first kappa shape index (κ1) is 12.9. The Labute approximate surface area is 92.0 Å². The maximum Gasteiger partial charge on any atom is 0.0620 e. The Kier molecular flexibility index (Phi) is 6.92. The number of likely N-dealkylation sites (N-methyl/N-ethyl adjacent to an activating group) is 1. The van der Waals surface area contributed by atoms with Crippen LogP contribution < -0.4 is 5.32 Å². The Bertz CT molecular complexity index is 144. The third-order valence-corrected chi connectivity index (χ3v) is 2.90. The van der Waals surface area contributed by atoms with Gasteiger partial charge in [-0.15, -0.1) is 0 Å². The minimum atomic E-state index is 0.214. The van der Waals surface area contributed by atoms with Crippen molar-refractivity contribution in [3.8, 4) is 0 Å². The molecule has 1 rings (SSSR count). The molecule has 0 bridgehead atoms. The predicted molar refractivity (Wildman–Crippen MR) is 58.9 cm³/mol. The molecule has 0 aromatic heterocycles.